The molecule has 0 saturated heterocycles. The van der Waals surface area contributed by atoms with Gasteiger partial charge in [0.15, 0.2) is 16.8 Å². The van der Waals surface area contributed by atoms with E-state index in [1.54, 1.807) is 6.20 Å². The van der Waals surface area contributed by atoms with Gasteiger partial charge in [-0.25, -0.2) is 0 Å². The standard InChI is InChI=1S/C24H18N4OS/c29-22(20-15-25-21-14-8-7-13-19(20)21)16-30-24-27-26-23(17-9-3-1-4-10-17)28(24)18-11-5-2-6-12-18/h1-15,25H,16H2. The molecule has 0 bridgehead atoms. The summed E-state index contributed by atoms with van der Waals surface area (Å²) in [5, 5.41) is 10.5. The fourth-order valence-electron chi connectivity index (χ4n) is 3.46. The number of H-pyrrole nitrogens is 1. The first kappa shape index (κ1) is 18.4. The van der Waals surface area contributed by atoms with E-state index >= 15 is 0 Å². The Morgan fingerprint density at radius 2 is 1.57 bits per heavy atom. The van der Waals surface area contributed by atoms with E-state index in [-0.39, 0.29) is 11.5 Å². The van der Waals surface area contributed by atoms with E-state index in [1.165, 1.54) is 11.8 Å². The number of thioether (sulfide) groups is 1. The summed E-state index contributed by atoms with van der Waals surface area (Å²) in [6, 6.07) is 27.7. The highest BCUT2D eigenvalue weighted by Gasteiger charge is 2.18. The van der Waals surface area contributed by atoms with Crippen LogP contribution in [0, 0.1) is 0 Å². The van der Waals surface area contributed by atoms with Crippen LogP contribution in [0.4, 0.5) is 0 Å². The first-order chi connectivity index (χ1) is 14.8. The molecule has 5 nitrogen and oxygen atoms in total. The average molecular weight is 411 g/mol. The molecule has 0 amide bonds. The number of para-hydroxylation sites is 2. The topological polar surface area (TPSA) is 63.6 Å². The minimum atomic E-state index is 0.0568. The smallest absolute Gasteiger partial charge is 0.196 e. The van der Waals surface area contributed by atoms with Gasteiger partial charge in [0, 0.05) is 33.9 Å². The SMILES string of the molecule is O=C(CSc1nnc(-c2ccccc2)n1-c1ccccc1)c1c[nH]c2ccccc12. The van der Waals surface area contributed by atoms with Crippen molar-refractivity contribution < 1.29 is 4.79 Å². The lowest BCUT2D eigenvalue weighted by atomic mass is 10.1. The lowest BCUT2D eigenvalue weighted by Gasteiger charge is -2.10. The first-order valence-corrected chi connectivity index (χ1v) is 10.6. The molecule has 3 aromatic carbocycles. The van der Waals surface area contributed by atoms with Crippen molar-refractivity contribution in [2.24, 2.45) is 0 Å². The minimum absolute atomic E-state index is 0.0568. The van der Waals surface area contributed by atoms with Crippen molar-refractivity contribution in [2.45, 2.75) is 5.16 Å². The maximum absolute atomic E-state index is 12.9. The number of fused-ring (bicyclic) bond motifs is 1. The summed E-state index contributed by atoms with van der Waals surface area (Å²) < 4.78 is 2.00. The van der Waals surface area contributed by atoms with Crippen LogP contribution in [0.5, 0.6) is 0 Å². The summed E-state index contributed by atoms with van der Waals surface area (Å²) in [7, 11) is 0. The van der Waals surface area contributed by atoms with Crippen molar-refractivity contribution in [3.8, 4) is 17.1 Å². The summed E-state index contributed by atoms with van der Waals surface area (Å²) in [6.45, 7) is 0. The Bertz CT molecular complexity index is 1310. The summed E-state index contributed by atoms with van der Waals surface area (Å²) in [6.07, 6.45) is 1.78. The van der Waals surface area contributed by atoms with E-state index in [4.69, 9.17) is 0 Å². The van der Waals surface area contributed by atoms with Crippen LogP contribution < -0.4 is 0 Å². The molecule has 0 unspecified atom stereocenters. The monoisotopic (exact) mass is 410 g/mol. The van der Waals surface area contributed by atoms with Crippen LogP contribution in [0.3, 0.4) is 0 Å². The molecule has 0 aliphatic rings. The van der Waals surface area contributed by atoms with Gasteiger partial charge in [-0.05, 0) is 18.2 Å². The van der Waals surface area contributed by atoms with Gasteiger partial charge in [0.25, 0.3) is 0 Å². The van der Waals surface area contributed by atoms with Crippen molar-refractivity contribution in [1.29, 1.82) is 0 Å². The summed E-state index contributed by atoms with van der Waals surface area (Å²) in [4.78, 5) is 16.1. The highest BCUT2D eigenvalue weighted by atomic mass is 32.2. The van der Waals surface area contributed by atoms with Crippen molar-refractivity contribution in [3.63, 3.8) is 0 Å². The van der Waals surface area contributed by atoms with Gasteiger partial charge in [-0.3, -0.25) is 9.36 Å². The lowest BCUT2D eigenvalue weighted by molar-refractivity contribution is 0.102. The van der Waals surface area contributed by atoms with Crippen molar-refractivity contribution >= 4 is 28.4 Å². The molecule has 0 atom stereocenters. The summed E-state index contributed by atoms with van der Waals surface area (Å²) in [5.41, 5.74) is 3.60. The van der Waals surface area contributed by atoms with Gasteiger partial charge in [0.1, 0.15) is 0 Å². The molecule has 6 heteroatoms. The number of rotatable bonds is 6. The van der Waals surface area contributed by atoms with E-state index in [1.807, 2.05) is 89.5 Å². The number of benzene rings is 3. The minimum Gasteiger partial charge on any atom is -0.360 e. The zero-order valence-corrected chi connectivity index (χ0v) is 16.8. The third kappa shape index (κ3) is 3.42. The van der Waals surface area contributed by atoms with Gasteiger partial charge in [-0.1, -0.05) is 78.5 Å². The molecule has 146 valence electrons. The normalized spacial score (nSPS) is 11.1. The Hall–Kier alpha value is -3.64. The number of carbonyl (C=O) groups is 1. The quantitative estimate of drug-likeness (QED) is 0.301. The van der Waals surface area contributed by atoms with Crippen LogP contribution >= 0.6 is 11.8 Å². The van der Waals surface area contributed by atoms with Crippen LogP contribution in [0.15, 0.2) is 96.3 Å². The number of aromatic amines is 1. The molecule has 0 spiro atoms. The second-order valence-corrected chi connectivity index (χ2v) is 7.75. The van der Waals surface area contributed by atoms with E-state index in [9.17, 15) is 4.79 Å². The van der Waals surface area contributed by atoms with E-state index in [2.05, 4.69) is 15.2 Å². The molecule has 2 aromatic heterocycles. The van der Waals surface area contributed by atoms with Gasteiger partial charge in [-0.15, -0.1) is 10.2 Å². The molecule has 30 heavy (non-hydrogen) atoms. The number of hydrogen-bond acceptors (Lipinski definition) is 4. The van der Waals surface area contributed by atoms with Crippen LogP contribution in [-0.4, -0.2) is 31.3 Å². The fraction of sp³-hybridized carbons (Fsp3) is 0.0417. The number of aromatic nitrogens is 4. The second kappa shape index (κ2) is 8.00. The Labute approximate surface area is 177 Å². The Balaban J connectivity index is 1.47. The predicted molar refractivity (Wildman–Crippen MR) is 120 cm³/mol. The summed E-state index contributed by atoms with van der Waals surface area (Å²) >= 11 is 1.40. The van der Waals surface area contributed by atoms with Crippen LogP contribution in [0.1, 0.15) is 10.4 Å². The Morgan fingerprint density at radius 3 is 2.37 bits per heavy atom. The molecule has 2 heterocycles. The lowest BCUT2D eigenvalue weighted by Crippen LogP contribution is -2.04. The molecule has 1 N–H and O–H groups in total. The number of carbonyl (C=O) groups excluding carboxylic acids is 1. The largest absolute Gasteiger partial charge is 0.360 e. The molecule has 0 saturated carbocycles. The van der Waals surface area contributed by atoms with Crippen molar-refractivity contribution in [1.82, 2.24) is 19.7 Å². The molecule has 5 aromatic rings. The molecule has 0 aliphatic carbocycles. The van der Waals surface area contributed by atoms with Crippen LogP contribution in [0.2, 0.25) is 0 Å². The molecule has 0 radical (unpaired) electrons. The van der Waals surface area contributed by atoms with Gasteiger partial charge >= 0.3 is 0 Å². The molecular formula is C24H18N4OS. The van der Waals surface area contributed by atoms with Crippen LogP contribution in [-0.2, 0) is 0 Å². The third-order valence-electron chi connectivity index (χ3n) is 4.90. The number of nitrogens with one attached hydrogen (secondary N) is 1. The highest BCUT2D eigenvalue weighted by molar-refractivity contribution is 7.99. The highest BCUT2D eigenvalue weighted by Crippen LogP contribution is 2.29. The number of nitrogens with zero attached hydrogens (tertiary/aromatic N) is 3. The van der Waals surface area contributed by atoms with E-state index < -0.39 is 0 Å². The molecule has 5 rings (SSSR count). The number of ketones is 1. The average Bonchev–Trinajstić information content (AvgIpc) is 3.43. The number of hydrogen-bond donors (Lipinski definition) is 1. The second-order valence-electron chi connectivity index (χ2n) is 6.80. The number of Topliss-reactive ketones (excluding diaryl/α,β-unsaturated/α-hetero) is 1. The summed E-state index contributed by atoms with van der Waals surface area (Å²) in [5.74, 6) is 1.09. The van der Waals surface area contributed by atoms with Gasteiger partial charge in [0.2, 0.25) is 0 Å². The van der Waals surface area contributed by atoms with Crippen LogP contribution in [0.25, 0.3) is 28.0 Å². The fourth-order valence-corrected chi connectivity index (χ4v) is 4.29. The van der Waals surface area contributed by atoms with E-state index in [0.29, 0.717) is 10.7 Å². The predicted octanol–water partition coefficient (Wildman–Crippen LogP) is 5.39. The molecule has 0 fully saturated rings. The third-order valence-corrected chi connectivity index (χ3v) is 5.83. The zero-order chi connectivity index (χ0) is 20.3. The molecular weight excluding hydrogens is 392 g/mol. The van der Waals surface area contributed by atoms with Gasteiger partial charge in [-0.2, -0.15) is 0 Å². The first-order valence-electron chi connectivity index (χ1n) is 9.59. The Morgan fingerprint density at radius 1 is 0.867 bits per heavy atom. The Kier molecular flexibility index (Phi) is 4.91. The maximum atomic E-state index is 12.9. The zero-order valence-electron chi connectivity index (χ0n) is 16.0. The molecule has 0 aliphatic heterocycles. The van der Waals surface area contributed by atoms with Crippen molar-refractivity contribution in [3.05, 3.63) is 96.7 Å². The van der Waals surface area contributed by atoms with E-state index in [0.717, 1.165) is 28.0 Å². The maximum Gasteiger partial charge on any atom is 0.196 e. The van der Waals surface area contributed by atoms with Gasteiger partial charge in [0.05, 0.1) is 5.75 Å². The van der Waals surface area contributed by atoms with Crippen molar-refractivity contribution in [2.75, 3.05) is 5.75 Å². The van der Waals surface area contributed by atoms with Gasteiger partial charge < -0.3 is 4.98 Å².